The van der Waals surface area contributed by atoms with E-state index in [2.05, 4.69) is 20.8 Å². The highest BCUT2D eigenvalue weighted by Crippen LogP contribution is 2.25. The lowest BCUT2D eigenvalue weighted by molar-refractivity contribution is -0.307. The zero-order valence-electron chi connectivity index (χ0n) is 14.9. The molecule has 2 aromatic carbocycles. The quantitative estimate of drug-likeness (QED) is 0.438. The van der Waals surface area contributed by atoms with E-state index in [9.17, 15) is 14.7 Å². The van der Waals surface area contributed by atoms with Crippen LogP contribution in [-0.2, 0) is 9.59 Å². The molecule has 1 aromatic heterocycles. The highest BCUT2D eigenvalue weighted by atomic mass is 32.1. The third kappa shape index (κ3) is 5.04. The van der Waals surface area contributed by atoms with Crippen molar-refractivity contribution in [1.82, 2.24) is 10.4 Å². The Balaban J connectivity index is 1.58. The van der Waals surface area contributed by atoms with Crippen LogP contribution in [0.1, 0.15) is 12.5 Å². The first-order valence-electron chi connectivity index (χ1n) is 8.39. The monoisotopic (exact) mass is 397 g/mol. The van der Waals surface area contributed by atoms with Gasteiger partial charge in [-0.2, -0.15) is 5.10 Å². The van der Waals surface area contributed by atoms with Gasteiger partial charge in [-0.25, -0.2) is 10.4 Å². The number of rotatable bonds is 8. The van der Waals surface area contributed by atoms with Gasteiger partial charge in [-0.05, 0) is 31.2 Å². The van der Waals surface area contributed by atoms with Gasteiger partial charge in [0.25, 0.3) is 5.91 Å². The maximum atomic E-state index is 12.2. The lowest BCUT2D eigenvalue weighted by atomic mass is 10.2. The molecule has 9 heteroatoms. The fourth-order valence-electron chi connectivity index (χ4n) is 2.30. The summed E-state index contributed by atoms with van der Waals surface area (Å²) in [5.74, 6) is -1.34. The summed E-state index contributed by atoms with van der Waals surface area (Å²) in [6.45, 7) is 1.13. The van der Waals surface area contributed by atoms with Crippen molar-refractivity contribution in [2.75, 3.05) is 11.9 Å². The fourth-order valence-corrected chi connectivity index (χ4v) is 3.26. The average Bonchev–Trinajstić information content (AvgIpc) is 3.09. The molecule has 1 heterocycles. The molecular weight excluding hydrogens is 380 g/mol. The maximum absolute atomic E-state index is 12.2. The van der Waals surface area contributed by atoms with Crippen LogP contribution >= 0.6 is 11.3 Å². The van der Waals surface area contributed by atoms with Crippen molar-refractivity contribution < 1.29 is 19.4 Å². The number of carbonyl (C=O) groups is 2. The SMILES string of the molecule is C[C@H](Nc1nc2ccccc2s1)C(=O)N/N=C\c1ccccc1OCC(=O)[O-]. The Labute approximate surface area is 164 Å². The van der Waals surface area contributed by atoms with Gasteiger partial charge < -0.3 is 20.0 Å². The van der Waals surface area contributed by atoms with Gasteiger partial charge in [0.2, 0.25) is 0 Å². The number of fused-ring (bicyclic) bond motifs is 1. The molecule has 144 valence electrons. The van der Waals surface area contributed by atoms with Crippen molar-refractivity contribution >= 4 is 44.8 Å². The molecule has 0 saturated carbocycles. The number of ether oxygens (including phenoxy) is 1. The summed E-state index contributed by atoms with van der Waals surface area (Å²) in [7, 11) is 0. The number of carboxylic acid groups (broad SMARTS) is 1. The van der Waals surface area contributed by atoms with Crippen LogP contribution in [-0.4, -0.2) is 35.7 Å². The molecule has 1 amide bonds. The molecule has 0 fully saturated rings. The van der Waals surface area contributed by atoms with Gasteiger partial charge in [-0.1, -0.05) is 35.6 Å². The molecule has 1 atom stereocenters. The van der Waals surface area contributed by atoms with Crippen LogP contribution in [0, 0.1) is 0 Å². The van der Waals surface area contributed by atoms with Crippen LogP contribution in [0.5, 0.6) is 5.75 Å². The molecular formula is C19H17N4O4S-. The van der Waals surface area contributed by atoms with E-state index in [1.165, 1.54) is 17.6 Å². The number of thiazole rings is 1. The van der Waals surface area contributed by atoms with Crippen molar-refractivity contribution in [2.45, 2.75) is 13.0 Å². The molecule has 0 saturated heterocycles. The predicted octanol–water partition coefficient (Wildman–Crippen LogP) is 1.38. The van der Waals surface area contributed by atoms with Gasteiger partial charge in [-0.3, -0.25) is 4.79 Å². The van der Waals surface area contributed by atoms with Crippen LogP contribution in [0.4, 0.5) is 5.13 Å². The number of nitrogens with zero attached hydrogens (tertiary/aromatic N) is 2. The lowest BCUT2D eigenvalue weighted by Gasteiger charge is -2.11. The number of aliphatic carboxylic acids is 1. The largest absolute Gasteiger partial charge is 0.546 e. The number of hydrogen-bond donors (Lipinski definition) is 2. The van der Waals surface area contributed by atoms with Gasteiger partial charge in [0.05, 0.1) is 22.4 Å². The lowest BCUT2D eigenvalue weighted by Crippen LogP contribution is -2.34. The topological polar surface area (TPSA) is 116 Å². The Morgan fingerprint density at radius 3 is 2.79 bits per heavy atom. The van der Waals surface area contributed by atoms with Crippen LogP contribution in [0.3, 0.4) is 0 Å². The number of amides is 1. The van der Waals surface area contributed by atoms with Gasteiger partial charge >= 0.3 is 0 Å². The van der Waals surface area contributed by atoms with E-state index in [1.807, 2.05) is 24.3 Å². The van der Waals surface area contributed by atoms with E-state index in [4.69, 9.17) is 4.74 Å². The number of aromatic nitrogens is 1. The molecule has 2 N–H and O–H groups in total. The Hall–Kier alpha value is -3.46. The van der Waals surface area contributed by atoms with E-state index in [0.29, 0.717) is 16.4 Å². The number of anilines is 1. The smallest absolute Gasteiger partial charge is 0.262 e. The zero-order valence-corrected chi connectivity index (χ0v) is 15.7. The first-order valence-corrected chi connectivity index (χ1v) is 9.21. The van der Waals surface area contributed by atoms with Gasteiger partial charge in [0, 0.05) is 5.56 Å². The second-order valence-corrected chi connectivity index (χ2v) is 6.82. The van der Waals surface area contributed by atoms with Gasteiger partial charge in [0.1, 0.15) is 18.4 Å². The number of nitrogens with one attached hydrogen (secondary N) is 2. The average molecular weight is 397 g/mol. The molecule has 0 bridgehead atoms. The maximum Gasteiger partial charge on any atom is 0.262 e. The van der Waals surface area contributed by atoms with Crippen LogP contribution in [0.2, 0.25) is 0 Å². The van der Waals surface area contributed by atoms with Crippen molar-refractivity contribution in [3.05, 3.63) is 54.1 Å². The van der Waals surface area contributed by atoms with Crippen LogP contribution in [0.25, 0.3) is 10.2 Å². The molecule has 0 aliphatic carbocycles. The number of hydrogen-bond acceptors (Lipinski definition) is 8. The van der Waals surface area contributed by atoms with Crippen molar-refractivity contribution in [2.24, 2.45) is 5.10 Å². The number of para-hydroxylation sites is 2. The van der Waals surface area contributed by atoms with Gasteiger partial charge in [0.15, 0.2) is 5.13 Å². The molecule has 0 spiro atoms. The summed E-state index contributed by atoms with van der Waals surface area (Å²) in [5.41, 5.74) is 3.83. The third-order valence-corrected chi connectivity index (χ3v) is 4.64. The Morgan fingerprint density at radius 2 is 2.00 bits per heavy atom. The van der Waals surface area contributed by atoms with Crippen LogP contribution in [0.15, 0.2) is 53.6 Å². The van der Waals surface area contributed by atoms with E-state index < -0.39 is 18.6 Å². The minimum Gasteiger partial charge on any atom is -0.546 e. The van der Waals surface area contributed by atoms with E-state index >= 15 is 0 Å². The standard InChI is InChI=1S/C19H18N4O4S/c1-12(21-19-22-14-7-3-5-9-16(14)28-19)18(26)23-20-10-13-6-2-4-8-15(13)27-11-17(24)25/h2-10,12H,11H2,1H3,(H,21,22)(H,23,26)(H,24,25)/p-1/b20-10-/t12-/m0/s1. The highest BCUT2D eigenvalue weighted by molar-refractivity contribution is 7.22. The summed E-state index contributed by atoms with van der Waals surface area (Å²) in [6.07, 6.45) is 1.38. The summed E-state index contributed by atoms with van der Waals surface area (Å²) in [6, 6.07) is 13.9. The number of hydrazone groups is 1. The fraction of sp³-hybridized carbons (Fsp3) is 0.158. The Morgan fingerprint density at radius 1 is 1.25 bits per heavy atom. The van der Waals surface area contributed by atoms with Crippen molar-refractivity contribution in [1.29, 1.82) is 0 Å². The second kappa shape index (κ2) is 8.96. The second-order valence-electron chi connectivity index (χ2n) is 5.79. The van der Waals surface area contributed by atoms with Crippen LogP contribution < -0.4 is 20.6 Å². The first kappa shape index (κ1) is 19.3. The molecule has 0 aliphatic heterocycles. The van der Waals surface area contributed by atoms with E-state index in [0.717, 1.165) is 10.2 Å². The minimum atomic E-state index is -1.32. The minimum absolute atomic E-state index is 0.324. The van der Waals surface area contributed by atoms with E-state index in [-0.39, 0.29) is 5.91 Å². The molecule has 8 nitrogen and oxygen atoms in total. The summed E-state index contributed by atoms with van der Waals surface area (Å²) >= 11 is 1.46. The number of carbonyl (C=O) groups excluding carboxylic acids is 2. The Bertz CT molecular complexity index is 985. The highest BCUT2D eigenvalue weighted by Gasteiger charge is 2.14. The predicted molar refractivity (Wildman–Crippen MR) is 105 cm³/mol. The number of carboxylic acids is 1. The first-order chi connectivity index (χ1) is 13.5. The normalized spacial score (nSPS) is 12.0. The summed E-state index contributed by atoms with van der Waals surface area (Å²) in [5, 5.41) is 18.1. The summed E-state index contributed by atoms with van der Waals surface area (Å²) in [4.78, 5) is 27.2. The van der Waals surface area contributed by atoms with Gasteiger partial charge in [-0.15, -0.1) is 0 Å². The third-order valence-electron chi connectivity index (χ3n) is 3.67. The molecule has 3 aromatic rings. The van der Waals surface area contributed by atoms with E-state index in [1.54, 1.807) is 31.2 Å². The molecule has 0 unspecified atom stereocenters. The van der Waals surface area contributed by atoms with Crippen molar-refractivity contribution in [3.63, 3.8) is 0 Å². The Kier molecular flexibility index (Phi) is 6.18. The molecule has 28 heavy (non-hydrogen) atoms. The molecule has 0 aliphatic rings. The molecule has 3 rings (SSSR count). The molecule has 0 radical (unpaired) electrons. The summed E-state index contributed by atoms with van der Waals surface area (Å²) < 4.78 is 6.16. The zero-order chi connectivity index (χ0) is 19.9. The number of benzene rings is 2. The van der Waals surface area contributed by atoms with Crippen molar-refractivity contribution in [3.8, 4) is 5.75 Å².